The average Bonchev–Trinajstić information content (AvgIpc) is 4.04. The number of aliphatic carboxylic acids is 2. The molecule has 466 valence electrons. The van der Waals surface area contributed by atoms with E-state index >= 15 is 0 Å². The largest absolute Gasteiger partial charge is 0.480 e. The summed E-state index contributed by atoms with van der Waals surface area (Å²) in [6, 6.07) is 10.8. The quantitative estimate of drug-likeness (QED) is 0.0370. The summed E-state index contributed by atoms with van der Waals surface area (Å²) in [6.07, 6.45) is 2.70. The van der Waals surface area contributed by atoms with Crippen LogP contribution in [0.2, 0.25) is 0 Å². The van der Waals surface area contributed by atoms with Gasteiger partial charge in [-0.1, -0.05) is 93.6 Å². The Bertz CT molecular complexity index is 2570. The van der Waals surface area contributed by atoms with Gasteiger partial charge in [0.15, 0.2) is 0 Å². The van der Waals surface area contributed by atoms with Gasteiger partial charge in [-0.2, -0.15) is 0 Å². The number of nitrogens with zero attached hydrogens (tertiary/aromatic N) is 3. The van der Waals surface area contributed by atoms with Gasteiger partial charge < -0.3 is 68.0 Å². The predicted octanol–water partition coefficient (Wildman–Crippen LogP) is 3.67. The van der Waals surface area contributed by atoms with E-state index in [-0.39, 0.29) is 63.5 Å². The van der Waals surface area contributed by atoms with Crippen LogP contribution in [-0.4, -0.2) is 152 Å². The van der Waals surface area contributed by atoms with E-state index in [4.69, 9.17) is 20.3 Å². The maximum atomic E-state index is 14.6. The number of nitrogens with one attached hydrogen (secondary N) is 8. The van der Waals surface area contributed by atoms with Gasteiger partial charge in [0.25, 0.3) is 0 Å². The van der Waals surface area contributed by atoms with Gasteiger partial charge in [-0.15, -0.1) is 5.10 Å². The Balaban J connectivity index is 1.78. The van der Waals surface area contributed by atoms with E-state index in [1.165, 1.54) is 10.9 Å². The summed E-state index contributed by atoms with van der Waals surface area (Å²) in [7, 11) is 0. The van der Waals surface area contributed by atoms with Crippen molar-refractivity contribution < 1.29 is 62.8 Å². The number of carbonyl (C=O) groups is 9. The van der Waals surface area contributed by atoms with Crippen LogP contribution in [0.25, 0.3) is 0 Å². The molecule has 0 aliphatic heterocycles. The molecule has 0 radical (unpaired) electrons. The normalized spacial score (nSPS) is 14.1. The number of hydrogen-bond acceptors (Lipinski definition) is 15. The van der Waals surface area contributed by atoms with Gasteiger partial charge in [-0.25, -0.2) is 19.1 Å². The molecule has 12 N–H and O–H groups in total. The number of alkyl carbamates (subject to hydrolysis) is 2. The van der Waals surface area contributed by atoms with Crippen molar-refractivity contribution in [3.63, 3.8) is 0 Å². The summed E-state index contributed by atoms with van der Waals surface area (Å²) in [4.78, 5) is 119. The van der Waals surface area contributed by atoms with Gasteiger partial charge in [-0.05, 0) is 122 Å². The molecule has 0 saturated carbocycles. The van der Waals surface area contributed by atoms with Crippen molar-refractivity contribution in [1.82, 2.24) is 57.5 Å². The summed E-state index contributed by atoms with van der Waals surface area (Å²) in [5, 5.41) is 49.8. The number of carboxylic acid groups (broad SMARTS) is 2. The van der Waals surface area contributed by atoms with Gasteiger partial charge in [0.2, 0.25) is 29.5 Å². The Kier molecular flexibility index (Phi) is 29.8. The topological polar surface area (TPSA) is 366 Å². The van der Waals surface area contributed by atoms with Gasteiger partial charge in [0.05, 0.1) is 24.5 Å². The highest BCUT2D eigenvalue weighted by molar-refractivity contribution is 5.93. The number of carboxylic acids is 2. The van der Waals surface area contributed by atoms with E-state index in [0.717, 1.165) is 5.56 Å². The minimum Gasteiger partial charge on any atom is -0.480 e. The predicted molar refractivity (Wildman–Crippen MR) is 314 cm³/mol. The van der Waals surface area contributed by atoms with Crippen molar-refractivity contribution in [3.8, 4) is 0 Å². The number of ether oxygens (including phenoxy) is 2. The molecule has 7 amide bonds. The van der Waals surface area contributed by atoms with E-state index in [1.807, 2.05) is 64.1 Å². The van der Waals surface area contributed by atoms with Crippen molar-refractivity contribution in [2.45, 2.75) is 200 Å². The van der Waals surface area contributed by atoms with Crippen molar-refractivity contribution >= 4 is 53.7 Å². The second-order valence-corrected chi connectivity index (χ2v) is 23.8. The highest BCUT2D eigenvalue weighted by atomic mass is 16.6. The summed E-state index contributed by atoms with van der Waals surface area (Å²) >= 11 is 0. The minimum absolute atomic E-state index is 0.0332. The fourth-order valence-corrected chi connectivity index (χ4v) is 8.78. The third kappa shape index (κ3) is 29.0. The zero-order chi connectivity index (χ0) is 62.6. The van der Waals surface area contributed by atoms with Crippen LogP contribution < -0.4 is 48.3 Å². The lowest BCUT2D eigenvalue weighted by Gasteiger charge is -2.28. The second-order valence-electron chi connectivity index (χ2n) is 23.8. The summed E-state index contributed by atoms with van der Waals surface area (Å²) in [5.74, 6) is -5.62. The summed E-state index contributed by atoms with van der Waals surface area (Å²) in [5.41, 5.74) is 6.01. The van der Waals surface area contributed by atoms with Gasteiger partial charge in [-0.3, -0.25) is 28.8 Å². The average molecular weight is 1180 g/mol. The third-order valence-electron chi connectivity index (χ3n) is 12.8. The first-order valence-corrected chi connectivity index (χ1v) is 28.8. The van der Waals surface area contributed by atoms with Crippen molar-refractivity contribution in [3.05, 3.63) is 83.7 Å². The van der Waals surface area contributed by atoms with Crippen LogP contribution in [0.15, 0.2) is 66.9 Å². The van der Waals surface area contributed by atoms with E-state index < -0.39 is 114 Å². The SMILES string of the molecule is CC(C)C[C@H](CN[C@H](Cc1ccccc1)C(=O)N[C@H](Cc1ccccc1)C(=O)N[C@H](CCCCNC(=O)OC(C)(C)C)C(=O)O)NC(=O)[C@@H](CC(C)C)NC(=O)CNC(=O)[C@@H](Cc1cnnn1CCCC[C@H](N)C(=O)O)NC(=O)OC(C)(C)C. The van der Waals surface area contributed by atoms with E-state index in [1.54, 1.807) is 65.8 Å². The van der Waals surface area contributed by atoms with E-state index in [2.05, 4.69) is 52.8 Å². The maximum absolute atomic E-state index is 14.6. The number of rotatable bonds is 36. The molecule has 0 fully saturated rings. The number of unbranched alkanes of at least 4 members (excludes halogenated alkanes) is 2. The Morgan fingerprint density at radius 1 is 0.571 bits per heavy atom. The van der Waals surface area contributed by atoms with Crippen molar-refractivity contribution in [2.24, 2.45) is 17.6 Å². The van der Waals surface area contributed by atoms with Crippen LogP contribution in [0.3, 0.4) is 0 Å². The lowest BCUT2D eigenvalue weighted by molar-refractivity contribution is -0.142. The minimum atomic E-state index is -1.30. The molecule has 3 aromatic rings. The molecule has 1 heterocycles. The molecule has 0 bridgehead atoms. The molecule has 25 nitrogen and oxygen atoms in total. The first kappa shape index (κ1) is 70.6. The highest BCUT2D eigenvalue weighted by Gasteiger charge is 2.32. The van der Waals surface area contributed by atoms with E-state index in [0.29, 0.717) is 49.9 Å². The zero-order valence-electron chi connectivity index (χ0n) is 50.5. The van der Waals surface area contributed by atoms with Gasteiger partial charge >= 0.3 is 24.1 Å². The van der Waals surface area contributed by atoms with Crippen molar-refractivity contribution in [1.29, 1.82) is 0 Å². The van der Waals surface area contributed by atoms with Crippen LogP contribution in [-0.2, 0) is 68.8 Å². The molecule has 1 aromatic heterocycles. The molecule has 84 heavy (non-hydrogen) atoms. The lowest BCUT2D eigenvalue weighted by atomic mass is 9.99. The molecule has 0 spiro atoms. The fraction of sp³-hybridized carbons (Fsp3) is 0.610. The lowest BCUT2D eigenvalue weighted by Crippen LogP contribution is -2.58. The standard InChI is InChI=1S/C59H92N12O13/c1-37(2)29-41(65-52(75)46(30-38(3)4)66-49(72)36-63-50(73)48(69-57(82)84-59(8,9)10)33-42-35-64-70-71(42)28-20-18-25-43(60)54(77)78)34-62-45(31-39-21-13-11-14-22-39)51(74)68-47(32-40-23-15-12-16-24-40)53(76)67-44(55(79)80)26-17-19-27-61-56(81)83-58(5,6)7/h11-16,21-24,35,37-38,41,43-48,62H,17-20,25-34,36,60H2,1-10H3,(H,61,81)(H,63,73)(H,65,75)(H,66,72)(H,67,76)(H,68,74)(H,69,82)(H,77,78)(H,79,80)/t41-,43+,44-,45-,46-,47-,48-/m1/s1. The fourth-order valence-electron chi connectivity index (χ4n) is 8.78. The van der Waals surface area contributed by atoms with Crippen molar-refractivity contribution in [2.75, 3.05) is 19.6 Å². The van der Waals surface area contributed by atoms with Crippen LogP contribution in [0.4, 0.5) is 9.59 Å². The number of aryl methyl sites for hydroxylation is 1. The number of amides is 7. The first-order valence-electron chi connectivity index (χ1n) is 28.8. The molecule has 2 aromatic carbocycles. The maximum Gasteiger partial charge on any atom is 0.408 e. The van der Waals surface area contributed by atoms with Crippen LogP contribution in [0.5, 0.6) is 0 Å². The van der Waals surface area contributed by atoms with Gasteiger partial charge in [0.1, 0.15) is 41.4 Å². The molecular weight excluding hydrogens is 1080 g/mol. The molecule has 0 unspecified atom stereocenters. The number of hydrogen-bond donors (Lipinski definition) is 11. The molecular formula is C59H92N12O13. The second kappa shape index (κ2) is 35.5. The smallest absolute Gasteiger partial charge is 0.408 e. The Morgan fingerprint density at radius 2 is 1.11 bits per heavy atom. The molecule has 7 atom stereocenters. The Labute approximate surface area is 493 Å². The van der Waals surface area contributed by atoms with E-state index in [9.17, 15) is 48.3 Å². The van der Waals surface area contributed by atoms with Gasteiger partial charge in [0, 0.05) is 38.5 Å². The molecule has 3 rings (SSSR count). The zero-order valence-corrected chi connectivity index (χ0v) is 50.5. The monoisotopic (exact) mass is 1180 g/mol. The third-order valence-corrected chi connectivity index (χ3v) is 12.8. The molecule has 25 heteroatoms. The molecule has 0 saturated heterocycles. The Hall–Kier alpha value is -7.67. The van der Waals surface area contributed by atoms with Crippen LogP contribution >= 0.6 is 0 Å². The number of benzene rings is 2. The number of nitrogens with two attached hydrogens (primary N) is 1. The van der Waals surface area contributed by atoms with Crippen LogP contribution in [0.1, 0.15) is 137 Å². The highest BCUT2D eigenvalue weighted by Crippen LogP contribution is 2.14. The number of carbonyl (C=O) groups excluding carboxylic acids is 7. The Morgan fingerprint density at radius 3 is 1.68 bits per heavy atom. The molecule has 0 aliphatic carbocycles. The molecule has 0 aliphatic rings. The first-order chi connectivity index (χ1) is 39.5. The summed E-state index contributed by atoms with van der Waals surface area (Å²) < 4.78 is 12.2. The van der Waals surface area contributed by atoms with Crippen LogP contribution in [0, 0.1) is 11.8 Å². The summed E-state index contributed by atoms with van der Waals surface area (Å²) in [6.45, 7) is 17.9. The number of aromatic nitrogens is 3.